The minimum Gasteiger partial charge on any atom is -0.508 e. The number of aromatic hydroxyl groups is 1. The Balaban J connectivity index is 1.88. The number of rotatable bonds is 8. The lowest BCUT2D eigenvalue weighted by molar-refractivity contribution is 0.0858. The van der Waals surface area contributed by atoms with E-state index in [2.05, 4.69) is 74.3 Å². The summed E-state index contributed by atoms with van der Waals surface area (Å²) < 4.78 is 0. The zero-order valence-corrected chi connectivity index (χ0v) is 18.3. The maximum atomic E-state index is 10.2. The smallest absolute Gasteiger partial charge is 0.115 e. The molecule has 1 aliphatic rings. The zero-order chi connectivity index (χ0) is 20.7. The molecule has 1 aliphatic carbocycles. The maximum absolute atomic E-state index is 10.2. The van der Waals surface area contributed by atoms with Gasteiger partial charge in [0.1, 0.15) is 5.75 Å². The van der Waals surface area contributed by atoms with Crippen molar-refractivity contribution in [2.45, 2.75) is 63.8 Å². The van der Waals surface area contributed by atoms with E-state index in [1.165, 1.54) is 30.4 Å². The van der Waals surface area contributed by atoms with Gasteiger partial charge < -0.3 is 10.0 Å². The third kappa shape index (κ3) is 4.93. The number of likely N-dealkylation sites (N-methyl/N-ethyl adjacent to an activating group) is 1. The molecule has 0 heterocycles. The van der Waals surface area contributed by atoms with E-state index >= 15 is 0 Å². The second-order valence-electron chi connectivity index (χ2n) is 8.60. The molecule has 0 unspecified atom stereocenters. The molecule has 2 aromatic rings. The number of hydrogen-bond acceptors (Lipinski definition) is 2. The first kappa shape index (κ1) is 21.6. The van der Waals surface area contributed by atoms with Crippen LogP contribution in [0.2, 0.25) is 0 Å². The van der Waals surface area contributed by atoms with Gasteiger partial charge in [-0.1, -0.05) is 74.9 Å². The van der Waals surface area contributed by atoms with Gasteiger partial charge in [-0.3, -0.25) is 0 Å². The molecule has 0 aliphatic heterocycles. The lowest BCUT2D eigenvalue weighted by atomic mass is 9.59. The Morgan fingerprint density at radius 1 is 1.10 bits per heavy atom. The quantitative estimate of drug-likeness (QED) is 0.530. The number of nitrogens with zero attached hydrogens (tertiary/aromatic N) is 1. The summed E-state index contributed by atoms with van der Waals surface area (Å²) in [6.45, 7) is 5.61. The van der Waals surface area contributed by atoms with Crippen LogP contribution >= 0.6 is 0 Å². The van der Waals surface area contributed by atoms with Crippen molar-refractivity contribution in [3.8, 4) is 5.75 Å². The molecule has 0 radical (unpaired) electrons. The molecule has 3 rings (SSSR count). The van der Waals surface area contributed by atoms with Crippen LogP contribution in [0.4, 0.5) is 0 Å². The van der Waals surface area contributed by atoms with Crippen LogP contribution in [0.3, 0.4) is 0 Å². The number of phenolic OH excluding ortho intramolecular Hbond substituents is 1. The van der Waals surface area contributed by atoms with Crippen LogP contribution in [0.5, 0.6) is 5.75 Å². The van der Waals surface area contributed by atoms with Crippen LogP contribution < -0.4 is 0 Å². The van der Waals surface area contributed by atoms with E-state index in [0.29, 0.717) is 17.7 Å². The minimum atomic E-state index is 0.0916. The number of allylic oxidation sites excluding steroid dienone is 1. The van der Waals surface area contributed by atoms with Crippen molar-refractivity contribution >= 4 is 0 Å². The zero-order valence-electron chi connectivity index (χ0n) is 18.3. The third-order valence-corrected chi connectivity index (χ3v) is 6.97. The summed E-state index contributed by atoms with van der Waals surface area (Å²) in [6, 6.07) is 19.4. The van der Waals surface area contributed by atoms with Gasteiger partial charge in [-0.05, 0) is 62.4 Å². The Kier molecular flexibility index (Phi) is 7.55. The van der Waals surface area contributed by atoms with E-state index in [9.17, 15) is 5.11 Å². The van der Waals surface area contributed by atoms with E-state index in [0.717, 1.165) is 25.8 Å². The number of hydrogen-bond donors (Lipinski definition) is 1. The van der Waals surface area contributed by atoms with Gasteiger partial charge in [0.05, 0.1) is 0 Å². The van der Waals surface area contributed by atoms with Crippen LogP contribution in [0.1, 0.15) is 57.1 Å². The van der Waals surface area contributed by atoms with Gasteiger partial charge in [-0.25, -0.2) is 0 Å². The highest BCUT2D eigenvalue weighted by atomic mass is 16.3. The average Bonchev–Trinajstić information content (AvgIpc) is 2.76. The summed E-state index contributed by atoms with van der Waals surface area (Å²) in [6.07, 6.45) is 11.7. The summed E-state index contributed by atoms with van der Waals surface area (Å²) in [5, 5.41) is 10.2. The normalized spacial score (nSPS) is 25.0. The summed E-state index contributed by atoms with van der Waals surface area (Å²) in [7, 11) is 2.30. The molecule has 0 amide bonds. The van der Waals surface area contributed by atoms with Gasteiger partial charge >= 0.3 is 0 Å². The Morgan fingerprint density at radius 3 is 2.59 bits per heavy atom. The van der Waals surface area contributed by atoms with Gasteiger partial charge in [0.15, 0.2) is 0 Å². The van der Waals surface area contributed by atoms with Gasteiger partial charge in [0.25, 0.3) is 0 Å². The molecule has 0 spiro atoms. The lowest BCUT2D eigenvalue weighted by Crippen LogP contribution is -2.51. The second-order valence-corrected chi connectivity index (χ2v) is 8.60. The van der Waals surface area contributed by atoms with Crippen molar-refractivity contribution in [1.29, 1.82) is 0 Å². The summed E-state index contributed by atoms with van der Waals surface area (Å²) in [4.78, 5) is 2.59. The highest BCUT2D eigenvalue weighted by Gasteiger charge is 2.45. The Bertz CT molecular complexity index is 784. The van der Waals surface area contributed by atoms with Crippen LogP contribution in [0, 0.1) is 5.92 Å². The number of phenols is 1. The Labute approximate surface area is 177 Å². The monoisotopic (exact) mass is 391 g/mol. The van der Waals surface area contributed by atoms with Crippen molar-refractivity contribution in [3.63, 3.8) is 0 Å². The predicted octanol–water partition coefficient (Wildman–Crippen LogP) is 6.35. The van der Waals surface area contributed by atoms with Gasteiger partial charge in [-0.2, -0.15) is 0 Å². The summed E-state index contributed by atoms with van der Waals surface area (Å²) in [5.41, 5.74) is 2.80. The number of benzene rings is 2. The first-order valence-corrected chi connectivity index (χ1v) is 11.3. The molecule has 0 bridgehead atoms. The van der Waals surface area contributed by atoms with E-state index < -0.39 is 0 Å². The average molecular weight is 392 g/mol. The first-order valence-electron chi connectivity index (χ1n) is 11.3. The first-order chi connectivity index (χ1) is 14.1. The molecule has 156 valence electrons. The van der Waals surface area contributed by atoms with Crippen LogP contribution in [-0.4, -0.2) is 29.6 Å². The second kappa shape index (κ2) is 10.1. The van der Waals surface area contributed by atoms with Crippen molar-refractivity contribution in [2.75, 3.05) is 13.6 Å². The molecule has 2 nitrogen and oxygen atoms in total. The summed E-state index contributed by atoms with van der Waals surface area (Å²) in [5.74, 6) is 0.844. The highest BCUT2D eigenvalue weighted by molar-refractivity contribution is 5.36. The van der Waals surface area contributed by atoms with Crippen molar-refractivity contribution < 1.29 is 5.11 Å². The molecule has 1 fully saturated rings. The molecule has 2 heteroatoms. The van der Waals surface area contributed by atoms with E-state index in [1.54, 1.807) is 6.07 Å². The van der Waals surface area contributed by atoms with Gasteiger partial charge in [0, 0.05) is 23.9 Å². The maximum Gasteiger partial charge on any atom is 0.115 e. The van der Waals surface area contributed by atoms with Crippen LogP contribution in [0.15, 0.2) is 66.7 Å². The minimum absolute atomic E-state index is 0.0916. The fourth-order valence-electron chi connectivity index (χ4n) is 5.32. The van der Waals surface area contributed by atoms with Crippen molar-refractivity contribution in [1.82, 2.24) is 4.90 Å². The molecule has 0 aromatic heterocycles. The standard InChI is InChI=1S/C27H37NO/c1-4-6-16-25-26(28(3)20-18-22-12-8-7-9-13-22)17-11-19-27(25,5-2)23-14-10-15-24(29)21-23/h6-10,12-16,21,25-26,29H,4-5,11,17-20H2,1-3H3/b16-6-/t25-,26-,27+/m1/s1. The molecule has 1 N–H and O–H groups in total. The van der Waals surface area contributed by atoms with Crippen molar-refractivity contribution in [3.05, 3.63) is 77.9 Å². The molecule has 3 atom stereocenters. The highest BCUT2D eigenvalue weighted by Crippen LogP contribution is 2.49. The van der Waals surface area contributed by atoms with Gasteiger partial charge in [-0.15, -0.1) is 0 Å². The summed E-state index contributed by atoms with van der Waals surface area (Å²) >= 11 is 0. The predicted molar refractivity (Wildman–Crippen MR) is 123 cm³/mol. The van der Waals surface area contributed by atoms with E-state index in [-0.39, 0.29) is 5.41 Å². The van der Waals surface area contributed by atoms with E-state index in [1.807, 2.05) is 12.1 Å². The molecule has 0 saturated heterocycles. The SMILES string of the molecule is CC/C=C\[C@@H]1[C@H](N(C)CCc2ccccc2)CCC[C@@]1(CC)c1cccc(O)c1. The topological polar surface area (TPSA) is 23.5 Å². The lowest BCUT2D eigenvalue weighted by Gasteiger charge is -2.50. The fraction of sp³-hybridized carbons (Fsp3) is 0.481. The molecule has 29 heavy (non-hydrogen) atoms. The van der Waals surface area contributed by atoms with Crippen LogP contribution in [0.25, 0.3) is 0 Å². The van der Waals surface area contributed by atoms with Crippen molar-refractivity contribution in [2.24, 2.45) is 5.92 Å². The van der Waals surface area contributed by atoms with E-state index in [4.69, 9.17) is 0 Å². The van der Waals surface area contributed by atoms with Crippen LogP contribution in [-0.2, 0) is 11.8 Å². The van der Waals surface area contributed by atoms with Gasteiger partial charge in [0.2, 0.25) is 0 Å². The Hall–Kier alpha value is -2.06. The molecular formula is C27H37NO. The Morgan fingerprint density at radius 2 is 1.90 bits per heavy atom. The largest absolute Gasteiger partial charge is 0.508 e. The fourth-order valence-corrected chi connectivity index (χ4v) is 5.32. The third-order valence-electron chi connectivity index (χ3n) is 6.97. The molecule has 2 aromatic carbocycles. The molecular weight excluding hydrogens is 354 g/mol. The molecule has 1 saturated carbocycles.